The third-order valence-electron chi connectivity index (χ3n) is 6.16. The number of nitrogens with two attached hydrogens (primary N) is 1. The zero-order valence-corrected chi connectivity index (χ0v) is 12.6. The minimum atomic E-state index is 0.313. The van der Waals surface area contributed by atoms with Gasteiger partial charge in [-0.25, -0.2) is 0 Å². The number of nitrogens with zero attached hydrogens (tertiary/aromatic N) is 3. The Bertz CT molecular complexity index is 479. The van der Waals surface area contributed by atoms with Crippen LogP contribution in [0, 0.1) is 30.6 Å². The lowest BCUT2D eigenvalue weighted by Crippen LogP contribution is -2.46. The van der Waals surface area contributed by atoms with Gasteiger partial charge in [0, 0.05) is 18.5 Å². The standard InChI is InChI=1S/C16H26N4/c1-9(8-17)16-19-18-10(2)20(16)15-13-4-11-3-12(6-13)7-14(15)5-11/h9,11-15H,3-8,17H2,1-2H3. The maximum atomic E-state index is 5.88. The summed E-state index contributed by atoms with van der Waals surface area (Å²) in [6.45, 7) is 4.95. The molecule has 5 rings (SSSR count). The lowest BCUT2D eigenvalue weighted by atomic mass is 9.54. The Morgan fingerprint density at radius 1 is 1.10 bits per heavy atom. The highest BCUT2D eigenvalue weighted by atomic mass is 15.3. The van der Waals surface area contributed by atoms with Crippen LogP contribution in [-0.4, -0.2) is 21.3 Å². The summed E-state index contributed by atoms with van der Waals surface area (Å²) in [7, 11) is 0. The van der Waals surface area contributed by atoms with Crippen molar-refractivity contribution in [1.29, 1.82) is 0 Å². The van der Waals surface area contributed by atoms with E-state index in [2.05, 4.69) is 28.6 Å². The molecule has 1 heterocycles. The lowest BCUT2D eigenvalue weighted by Gasteiger charge is -2.55. The summed E-state index contributed by atoms with van der Waals surface area (Å²) >= 11 is 0. The average Bonchev–Trinajstić information content (AvgIpc) is 2.79. The van der Waals surface area contributed by atoms with Crippen molar-refractivity contribution < 1.29 is 0 Å². The molecule has 2 N–H and O–H groups in total. The highest BCUT2D eigenvalue weighted by Crippen LogP contribution is 2.58. The van der Waals surface area contributed by atoms with Crippen molar-refractivity contribution in [3.63, 3.8) is 0 Å². The lowest BCUT2D eigenvalue weighted by molar-refractivity contribution is -0.0311. The van der Waals surface area contributed by atoms with Crippen molar-refractivity contribution in [2.24, 2.45) is 29.4 Å². The van der Waals surface area contributed by atoms with Crippen molar-refractivity contribution in [3.8, 4) is 0 Å². The molecule has 4 fully saturated rings. The zero-order chi connectivity index (χ0) is 13.9. The molecular weight excluding hydrogens is 248 g/mol. The summed E-state index contributed by atoms with van der Waals surface area (Å²) in [6.07, 6.45) is 7.25. The van der Waals surface area contributed by atoms with Gasteiger partial charge in [-0.15, -0.1) is 10.2 Å². The molecule has 1 atom stereocenters. The molecule has 0 spiro atoms. The Morgan fingerprint density at radius 3 is 2.25 bits per heavy atom. The van der Waals surface area contributed by atoms with E-state index in [-0.39, 0.29) is 0 Å². The van der Waals surface area contributed by atoms with E-state index in [0.29, 0.717) is 18.5 Å². The van der Waals surface area contributed by atoms with Gasteiger partial charge in [0.25, 0.3) is 0 Å². The molecule has 0 radical (unpaired) electrons. The fourth-order valence-electron chi connectivity index (χ4n) is 5.51. The summed E-state index contributed by atoms with van der Waals surface area (Å²) in [5.74, 6) is 6.30. The molecule has 1 aromatic heterocycles. The van der Waals surface area contributed by atoms with E-state index < -0.39 is 0 Å². The van der Waals surface area contributed by atoms with E-state index >= 15 is 0 Å². The first-order chi connectivity index (χ1) is 9.67. The van der Waals surface area contributed by atoms with Gasteiger partial charge in [0.2, 0.25) is 0 Å². The average molecular weight is 274 g/mol. The molecule has 0 amide bonds. The molecule has 4 bridgehead atoms. The Morgan fingerprint density at radius 2 is 1.70 bits per heavy atom. The Labute approximate surface area is 121 Å². The van der Waals surface area contributed by atoms with Gasteiger partial charge in [-0.1, -0.05) is 6.92 Å². The van der Waals surface area contributed by atoms with Gasteiger partial charge in [-0.05, 0) is 62.7 Å². The highest BCUT2D eigenvalue weighted by molar-refractivity contribution is 5.09. The van der Waals surface area contributed by atoms with Crippen molar-refractivity contribution in [2.45, 2.75) is 57.9 Å². The Hall–Kier alpha value is -0.900. The van der Waals surface area contributed by atoms with Gasteiger partial charge in [-0.2, -0.15) is 0 Å². The quantitative estimate of drug-likeness (QED) is 0.922. The number of hydrogen-bond donors (Lipinski definition) is 1. The number of aryl methyl sites for hydroxylation is 1. The maximum Gasteiger partial charge on any atom is 0.137 e. The highest BCUT2D eigenvalue weighted by Gasteiger charge is 2.49. The molecule has 1 aromatic rings. The first-order valence-electron chi connectivity index (χ1n) is 8.28. The molecule has 4 heteroatoms. The molecule has 1 unspecified atom stereocenters. The second-order valence-corrected chi connectivity index (χ2v) is 7.53. The van der Waals surface area contributed by atoms with Crippen molar-refractivity contribution in [2.75, 3.05) is 6.54 Å². The number of rotatable bonds is 3. The van der Waals surface area contributed by atoms with Crippen LogP contribution in [0.3, 0.4) is 0 Å². The van der Waals surface area contributed by atoms with E-state index in [4.69, 9.17) is 5.73 Å². The second kappa shape index (κ2) is 4.55. The number of hydrogen-bond acceptors (Lipinski definition) is 3. The molecule has 20 heavy (non-hydrogen) atoms. The van der Waals surface area contributed by atoms with Crippen LogP contribution in [0.1, 0.15) is 62.6 Å². The van der Waals surface area contributed by atoms with Gasteiger partial charge in [-0.3, -0.25) is 0 Å². The van der Waals surface area contributed by atoms with Gasteiger partial charge >= 0.3 is 0 Å². The van der Waals surface area contributed by atoms with E-state index in [1.807, 2.05) is 0 Å². The first kappa shape index (κ1) is 12.8. The summed E-state index contributed by atoms with van der Waals surface area (Å²) < 4.78 is 2.48. The van der Waals surface area contributed by atoms with Gasteiger partial charge < -0.3 is 10.3 Å². The molecule has 0 saturated heterocycles. The van der Waals surface area contributed by atoms with Crippen LogP contribution in [-0.2, 0) is 0 Å². The van der Waals surface area contributed by atoms with Crippen LogP contribution in [0.15, 0.2) is 0 Å². The minimum absolute atomic E-state index is 0.313. The number of aromatic nitrogens is 3. The fraction of sp³-hybridized carbons (Fsp3) is 0.875. The first-order valence-corrected chi connectivity index (χ1v) is 8.28. The smallest absolute Gasteiger partial charge is 0.137 e. The zero-order valence-electron chi connectivity index (χ0n) is 12.6. The SMILES string of the molecule is Cc1nnc(C(C)CN)n1C1C2CC3CC(C2)CC1C3. The maximum absolute atomic E-state index is 5.88. The van der Waals surface area contributed by atoms with Crippen LogP contribution in [0.4, 0.5) is 0 Å². The molecule has 0 aliphatic heterocycles. The van der Waals surface area contributed by atoms with Crippen molar-refractivity contribution in [3.05, 3.63) is 11.6 Å². The molecule has 4 aliphatic carbocycles. The summed E-state index contributed by atoms with van der Waals surface area (Å²) in [5.41, 5.74) is 5.88. The van der Waals surface area contributed by atoms with Gasteiger partial charge in [0.05, 0.1) is 0 Å². The molecule has 4 saturated carbocycles. The monoisotopic (exact) mass is 274 g/mol. The molecule has 4 nitrogen and oxygen atoms in total. The Balaban J connectivity index is 1.72. The molecular formula is C16H26N4. The van der Waals surface area contributed by atoms with Crippen LogP contribution >= 0.6 is 0 Å². The molecule has 4 aliphatic rings. The van der Waals surface area contributed by atoms with E-state index in [1.165, 1.54) is 32.1 Å². The largest absolute Gasteiger partial charge is 0.330 e. The summed E-state index contributed by atoms with van der Waals surface area (Å²) in [6, 6.07) is 0.654. The van der Waals surface area contributed by atoms with Gasteiger partial charge in [0.15, 0.2) is 0 Å². The topological polar surface area (TPSA) is 56.7 Å². The molecule has 110 valence electrons. The van der Waals surface area contributed by atoms with E-state index in [0.717, 1.165) is 35.3 Å². The van der Waals surface area contributed by atoms with Crippen LogP contribution in [0.5, 0.6) is 0 Å². The predicted molar refractivity (Wildman–Crippen MR) is 78.3 cm³/mol. The van der Waals surface area contributed by atoms with Crippen LogP contribution in [0.2, 0.25) is 0 Å². The second-order valence-electron chi connectivity index (χ2n) is 7.53. The normalized spacial score (nSPS) is 40.2. The summed E-state index contributed by atoms with van der Waals surface area (Å²) in [5, 5.41) is 8.83. The van der Waals surface area contributed by atoms with Crippen LogP contribution < -0.4 is 5.73 Å². The van der Waals surface area contributed by atoms with Crippen molar-refractivity contribution in [1.82, 2.24) is 14.8 Å². The summed E-state index contributed by atoms with van der Waals surface area (Å²) in [4.78, 5) is 0. The minimum Gasteiger partial charge on any atom is -0.330 e. The van der Waals surface area contributed by atoms with Crippen molar-refractivity contribution >= 4 is 0 Å². The molecule has 0 aromatic carbocycles. The van der Waals surface area contributed by atoms with Crippen LogP contribution in [0.25, 0.3) is 0 Å². The predicted octanol–water partition coefficient (Wildman–Crippen LogP) is 2.65. The van der Waals surface area contributed by atoms with E-state index in [9.17, 15) is 0 Å². The third-order valence-corrected chi connectivity index (χ3v) is 6.16. The van der Waals surface area contributed by atoms with E-state index in [1.54, 1.807) is 0 Å². The fourth-order valence-corrected chi connectivity index (χ4v) is 5.51. The van der Waals surface area contributed by atoms with Gasteiger partial charge in [0.1, 0.15) is 11.6 Å². The Kier molecular flexibility index (Phi) is 2.92. The third kappa shape index (κ3) is 1.77.